The summed E-state index contributed by atoms with van der Waals surface area (Å²) in [5, 5.41) is 12.2. The lowest BCUT2D eigenvalue weighted by Gasteiger charge is -2.07. The Labute approximate surface area is 94.2 Å². The van der Waals surface area contributed by atoms with Crippen LogP contribution in [0.3, 0.4) is 0 Å². The van der Waals surface area contributed by atoms with Crippen LogP contribution in [-0.2, 0) is 0 Å². The summed E-state index contributed by atoms with van der Waals surface area (Å²) in [4.78, 5) is 3.66. The molecule has 15 heavy (non-hydrogen) atoms. The zero-order chi connectivity index (χ0) is 11.3. The summed E-state index contributed by atoms with van der Waals surface area (Å²) in [7, 11) is 0. The number of rotatable bonds is 1. The average molecular weight is 219 g/mol. The standard InChI is InChI=1S/C11H13N3S/c1-8-4-5-10(6-9(8)2)14-11(15-3)13-7-12/h4-6H,1-3H3,(H,13,14). The van der Waals surface area contributed by atoms with E-state index in [1.807, 2.05) is 24.5 Å². The Morgan fingerprint density at radius 3 is 2.67 bits per heavy atom. The van der Waals surface area contributed by atoms with Crippen molar-refractivity contribution in [3.05, 3.63) is 29.3 Å². The molecule has 1 aromatic rings. The summed E-state index contributed by atoms with van der Waals surface area (Å²) in [6.07, 6.45) is 3.65. The number of nitrogens with zero attached hydrogens (tertiary/aromatic N) is 2. The molecule has 0 heterocycles. The molecule has 1 rings (SSSR count). The van der Waals surface area contributed by atoms with Crippen molar-refractivity contribution in [2.75, 3.05) is 11.6 Å². The Hall–Kier alpha value is -1.47. The number of hydrogen-bond acceptors (Lipinski definition) is 3. The van der Waals surface area contributed by atoms with Crippen molar-refractivity contribution in [1.29, 1.82) is 5.26 Å². The van der Waals surface area contributed by atoms with E-state index in [4.69, 9.17) is 5.26 Å². The second-order valence-electron chi connectivity index (χ2n) is 3.15. The normalized spacial score (nSPS) is 10.9. The van der Waals surface area contributed by atoms with Crippen LogP contribution < -0.4 is 5.32 Å². The minimum absolute atomic E-state index is 0.612. The number of hydrogen-bond donors (Lipinski definition) is 1. The first-order chi connectivity index (χ1) is 7.17. The third-order valence-electron chi connectivity index (χ3n) is 2.10. The van der Waals surface area contributed by atoms with Crippen molar-refractivity contribution in [1.82, 2.24) is 0 Å². The third kappa shape index (κ3) is 3.30. The van der Waals surface area contributed by atoms with Gasteiger partial charge in [-0.2, -0.15) is 5.26 Å². The minimum Gasteiger partial charge on any atom is -0.334 e. The monoisotopic (exact) mass is 219 g/mol. The molecule has 3 nitrogen and oxygen atoms in total. The summed E-state index contributed by atoms with van der Waals surface area (Å²) in [5.41, 5.74) is 3.43. The van der Waals surface area contributed by atoms with Crippen molar-refractivity contribution in [2.45, 2.75) is 13.8 Å². The molecule has 0 spiro atoms. The molecule has 0 aliphatic heterocycles. The van der Waals surface area contributed by atoms with E-state index in [1.165, 1.54) is 22.9 Å². The van der Waals surface area contributed by atoms with Gasteiger partial charge in [0.1, 0.15) is 0 Å². The van der Waals surface area contributed by atoms with Crippen LogP contribution in [0.1, 0.15) is 11.1 Å². The van der Waals surface area contributed by atoms with Gasteiger partial charge in [0.2, 0.25) is 6.19 Å². The van der Waals surface area contributed by atoms with Crippen molar-refractivity contribution in [2.24, 2.45) is 4.99 Å². The smallest absolute Gasteiger partial charge is 0.208 e. The molecule has 4 heteroatoms. The van der Waals surface area contributed by atoms with Crippen LogP contribution in [0.25, 0.3) is 0 Å². The molecule has 1 aromatic carbocycles. The van der Waals surface area contributed by atoms with E-state index in [-0.39, 0.29) is 0 Å². The highest BCUT2D eigenvalue weighted by Gasteiger charge is 1.99. The SMILES string of the molecule is CS/C(=N\C#N)Nc1ccc(C)c(C)c1. The number of amidine groups is 1. The molecule has 0 saturated heterocycles. The predicted octanol–water partition coefficient (Wildman–Crippen LogP) is 2.92. The summed E-state index contributed by atoms with van der Waals surface area (Å²) in [6.45, 7) is 4.12. The number of benzene rings is 1. The predicted molar refractivity (Wildman–Crippen MR) is 66.1 cm³/mol. The van der Waals surface area contributed by atoms with Gasteiger partial charge < -0.3 is 5.32 Å². The first kappa shape index (κ1) is 11.6. The highest BCUT2D eigenvalue weighted by atomic mass is 32.2. The molecule has 0 aliphatic rings. The van der Waals surface area contributed by atoms with Crippen molar-refractivity contribution >= 4 is 22.6 Å². The van der Waals surface area contributed by atoms with Crippen LogP contribution in [0.15, 0.2) is 23.2 Å². The molecule has 0 aliphatic carbocycles. The fourth-order valence-corrected chi connectivity index (χ4v) is 1.46. The van der Waals surface area contributed by atoms with E-state index < -0.39 is 0 Å². The van der Waals surface area contributed by atoms with Gasteiger partial charge in [-0.3, -0.25) is 0 Å². The summed E-state index contributed by atoms with van der Waals surface area (Å²) in [6, 6.07) is 6.06. The molecule has 0 amide bonds. The van der Waals surface area contributed by atoms with Gasteiger partial charge in [-0.05, 0) is 43.4 Å². The number of thioether (sulfide) groups is 1. The molecular weight excluding hydrogens is 206 g/mol. The first-order valence-electron chi connectivity index (χ1n) is 4.52. The van der Waals surface area contributed by atoms with Gasteiger partial charge in [-0.25, -0.2) is 0 Å². The molecule has 0 atom stereocenters. The summed E-state index contributed by atoms with van der Waals surface area (Å²) in [5.74, 6) is 0. The molecule has 1 N–H and O–H groups in total. The van der Waals surface area contributed by atoms with Crippen LogP contribution in [-0.4, -0.2) is 11.4 Å². The van der Waals surface area contributed by atoms with Crippen LogP contribution in [0.2, 0.25) is 0 Å². The fourth-order valence-electron chi connectivity index (χ4n) is 1.11. The Balaban J connectivity index is 2.86. The van der Waals surface area contributed by atoms with E-state index in [0.717, 1.165) is 5.69 Å². The fraction of sp³-hybridized carbons (Fsp3) is 0.273. The number of anilines is 1. The van der Waals surface area contributed by atoms with Gasteiger partial charge in [0, 0.05) is 5.69 Å². The molecule has 0 saturated carbocycles. The van der Waals surface area contributed by atoms with Crippen LogP contribution >= 0.6 is 11.8 Å². The van der Waals surface area contributed by atoms with E-state index in [9.17, 15) is 0 Å². The van der Waals surface area contributed by atoms with Crippen LogP contribution in [0.5, 0.6) is 0 Å². The number of nitriles is 1. The van der Waals surface area contributed by atoms with Gasteiger partial charge in [0.25, 0.3) is 0 Å². The highest BCUT2D eigenvalue weighted by molar-refractivity contribution is 8.13. The lowest BCUT2D eigenvalue weighted by molar-refractivity contribution is 1.34. The minimum atomic E-state index is 0.612. The van der Waals surface area contributed by atoms with E-state index in [0.29, 0.717) is 5.17 Å². The Morgan fingerprint density at radius 2 is 2.13 bits per heavy atom. The first-order valence-corrected chi connectivity index (χ1v) is 5.75. The highest BCUT2D eigenvalue weighted by Crippen LogP contribution is 2.15. The summed E-state index contributed by atoms with van der Waals surface area (Å²) >= 11 is 1.42. The molecule has 0 radical (unpaired) electrons. The lowest BCUT2D eigenvalue weighted by Crippen LogP contribution is -2.06. The number of aliphatic imine (C=N–C) groups is 1. The Bertz CT molecular complexity index is 418. The second kappa shape index (κ2) is 5.42. The molecule has 0 bridgehead atoms. The van der Waals surface area contributed by atoms with Gasteiger partial charge in [0.05, 0.1) is 0 Å². The van der Waals surface area contributed by atoms with Crippen molar-refractivity contribution in [3.63, 3.8) is 0 Å². The van der Waals surface area contributed by atoms with Crippen LogP contribution in [0.4, 0.5) is 5.69 Å². The maximum absolute atomic E-state index is 8.45. The largest absolute Gasteiger partial charge is 0.334 e. The van der Waals surface area contributed by atoms with Gasteiger partial charge in [-0.1, -0.05) is 17.8 Å². The van der Waals surface area contributed by atoms with Gasteiger partial charge in [0.15, 0.2) is 5.17 Å². The number of aryl methyl sites for hydroxylation is 2. The molecular formula is C11H13N3S. The van der Waals surface area contributed by atoms with Gasteiger partial charge in [-0.15, -0.1) is 4.99 Å². The zero-order valence-corrected chi connectivity index (χ0v) is 9.85. The van der Waals surface area contributed by atoms with E-state index in [2.05, 4.69) is 24.2 Å². The number of nitrogens with one attached hydrogen (secondary N) is 1. The van der Waals surface area contributed by atoms with Gasteiger partial charge >= 0.3 is 0 Å². The Kier molecular flexibility index (Phi) is 4.19. The van der Waals surface area contributed by atoms with E-state index in [1.54, 1.807) is 6.19 Å². The second-order valence-corrected chi connectivity index (χ2v) is 3.94. The zero-order valence-electron chi connectivity index (χ0n) is 9.03. The lowest BCUT2D eigenvalue weighted by atomic mass is 10.1. The van der Waals surface area contributed by atoms with Crippen molar-refractivity contribution in [3.8, 4) is 6.19 Å². The molecule has 0 unspecified atom stereocenters. The molecule has 0 fully saturated rings. The topological polar surface area (TPSA) is 48.2 Å². The summed E-state index contributed by atoms with van der Waals surface area (Å²) < 4.78 is 0. The van der Waals surface area contributed by atoms with Crippen molar-refractivity contribution < 1.29 is 0 Å². The van der Waals surface area contributed by atoms with E-state index >= 15 is 0 Å². The maximum atomic E-state index is 8.45. The quantitative estimate of drug-likeness (QED) is 0.449. The molecule has 78 valence electrons. The Morgan fingerprint density at radius 1 is 1.40 bits per heavy atom. The average Bonchev–Trinajstić information content (AvgIpc) is 2.23. The third-order valence-corrected chi connectivity index (χ3v) is 2.68. The molecule has 0 aromatic heterocycles. The van der Waals surface area contributed by atoms with Crippen LogP contribution in [0, 0.1) is 25.3 Å². The maximum Gasteiger partial charge on any atom is 0.208 e.